The zero-order valence-corrected chi connectivity index (χ0v) is 11.4. The van der Waals surface area contributed by atoms with Crippen LogP contribution in [0.3, 0.4) is 0 Å². The minimum Gasteiger partial charge on any atom is -0.349 e. The molecule has 1 aliphatic rings. The molecule has 1 aromatic heterocycles. The third kappa shape index (κ3) is 3.10. The van der Waals surface area contributed by atoms with Gasteiger partial charge in [0.1, 0.15) is 0 Å². The highest BCUT2D eigenvalue weighted by molar-refractivity contribution is 5.94. The van der Waals surface area contributed by atoms with Gasteiger partial charge in [-0.25, -0.2) is 0 Å². The average molecular weight is 261 g/mol. The van der Waals surface area contributed by atoms with Crippen LogP contribution in [-0.2, 0) is 4.79 Å². The van der Waals surface area contributed by atoms with Crippen molar-refractivity contribution in [2.75, 3.05) is 27.2 Å². The molecule has 5 nitrogen and oxygen atoms in total. The molecule has 0 radical (unpaired) electrons. The zero-order valence-electron chi connectivity index (χ0n) is 11.4. The van der Waals surface area contributed by atoms with Crippen molar-refractivity contribution in [3.8, 4) is 0 Å². The summed E-state index contributed by atoms with van der Waals surface area (Å²) in [6.07, 6.45) is 4.96. The van der Waals surface area contributed by atoms with E-state index in [0.717, 1.165) is 19.4 Å². The highest BCUT2D eigenvalue weighted by atomic mass is 16.2. The highest BCUT2D eigenvalue weighted by Crippen LogP contribution is 2.19. The van der Waals surface area contributed by atoms with Crippen LogP contribution in [0.25, 0.3) is 0 Å². The van der Waals surface area contributed by atoms with Crippen molar-refractivity contribution in [3.63, 3.8) is 0 Å². The first kappa shape index (κ1) is 13.5. The molecule has 2 heterocycles. The number of pyridine rings is 1. The van der Waals surface area contributed by atoms with Crippen molar-refractivity contribution in [2.45, 2.75) is 12.8 Å². The van der Waals surface area contributed by atoms with E-state index >= 15 is 0 Å². The number of aromatic nitrogens is 1. The summed E-state index contributed by atoms with van der Waals surface area (Å²) in [5, 5.41) is 0. The van der Waals surface area contributed by atoms with Crippen LogP contribution in [-0.4, -0.2) is 53.8 Å². The molecule has 1 aliphatic heterocycles. The van der Waals surface area contributed by atoms with E-state index in [4.69, 9.17) is 0 Å². The topological polar surface area (TPSA) is 53.5 Å². The predicted molar refractivity (Wildman–Crippen MR) is 71.6 cm³/mol. The van der Waals surface area contributed by atoms with E-state index in [1.165, 1.54) is 0 Å². The molecule has 2 rings (SSSR count). The Bertz CT molecular complexity index is 459. The van der Waals surface area contributed by atoms with E-state index in [1.807, 2.05) is 0 Å². The maximum atomic E-state index is 12.3. The van der Waals surface area contributed by atoms with Gasteiger partial charge in [-0.3, -0.25) is 14.6 Å². The lowest BCUT2D eigenvalue weighted by atomic mass is 9.96. The second-order valence-corrected chi connectivity index (χ2v) is 5.06. The molecule has 0 aliphatic carbocycles. The molecule has 1 saturated heterocycles. The summed E-state index contributed by atoms with van der Waals surface area (Å²) in [5.74, 6) is 0.0143. The molecule has 19 heavy (non-hydrogen) atoms. The SMILES string of the molecule is CN(C)C(=O)[C@@H]1CCCN(C(=O)c2ccncc2)C1. The van der Waals surface area contributed by atoms with Crippen LogP contribution in [0.1, 0.15) is 23.2 Å². The fraction of sp³-hybridized carbons (Fsp3) is 0.500. The summed E-state index contributed by atoms with van der Waals surface area (Å²) in [5.41, 5.74) is 0.632. The number of likely N-dealkylation sites (tertiary alicyclic amines) is 1. The summed E-state index contributed by atoms with van der Waals surface area (Å²) >= 11 is 0. The van der Waals surface area contributed by atoms with Gasteiger partial charge in [0.2, 0.25) is 5.91 Å². The predicted octanol–water partition coefficient (Wildman–Crippen LogP) is 1.02. The van der Waals surface area contributed by atoms with Gasteiger partial charge in [0.25, 0.3) is 5.91 Å². The van der Waals surface area contributed by atoms with Crippen molar-refractivity contribution < 1.29 is 9.59 Å². The van der Waals surface area contributed by atoms with Crippen molar-refractivity contribution in [2.24, 2.45) is 5.92 Å². The number of amides is 2. The first-order valence-corrected chi connectivity index (χ1v) is 6.50. The molecular formula is C14H19N3O2. The number of hydrogen-bond donors (Lipinski definition) is 0. The lowest BCUT2D eigenvalue weighted by Crippen LogP contribution is -2.45. The summed E-state index contributed by atoms with van der Waals surface area (Å²) in [4.78, 5) is 31.6. The maximum Gasteiger partial charge on any atom is 0.253 e. The molecule has 1 aromatic rings. The van der Waals surface area contributed by atoms with Crippen LogP contribution >= 0.6 is 0 Å². The summed E-state index contributed by atoms with van der Waals surface area (Å²) in [7, 11) is 3.51. The molecule has 0 aromatic carbocycles. The maximum absolute atomic E-state index is 12.3. The molecule has 102 valence electrons. The second-order valence-electron chi connectivity index (χ2n) is 5.06. The quantitative estimate of drug-likeness (QED) is 0.798. The Labute approximate surface area is 113 Å². The third-order valence-corrected chi connectivity index (χ3v) is 3.43. The molecular weight excluding hydrogens is 242 g/mol. The Hall–Kier alpha value is -1.91. The van der Waals surface area contributed by atoms with Crippen molar-refractivity contribution in [1.82, 2.24) is 14.8 Å². The third-order valence-electron chi connectivity index (χ3n) is 3.43. The monoisotopic (exact) mass is 261 g/mol. The smallest absolute Gasteiger partial charge is 0.253 e. The first-order valence-electron chi connectivity index (χ1n) is 6.50. The zero-order chi connectivity index (χ0) is 13.8. The van der Waals surface area contributed by atoms with E-state index in [-0.39, 0.29) is 17.7 Å². The van der Waals surface area contributed by atoms with E-state index in [0.29, 0.717) is 12.1 Å². The number of nitrogens with zero attached hydrogens (tertiary/aromatic N) is 3. The molecule has 0 unspecified atom stereocenters. The van der Waals surface area contributed by atoms with Gasteiger partial charge < -0.3 is 9.80 Å². The molecule has 0 N–H and O–H groups in total. The summed E-state index contributed by atoms with van der Waals surface area (Å²) in [6, 6.07) is 3.42. The van der Waals surface area contributed by atoms with Crippen LogP contribution in [0.15, 0.2) is 24.5 Å². The normalized spacial score (nSPS) is 19.1. The standard InChI is InChI=1S/C14H19N3O2/c1-16(2)13(18)12-4-3-9-17(10-12)14(19)11-5-7-15-8-6-11/h5-8,12H,3-4,9-10H2,1-2H3/t12-/m1/s1. The van der Waals surface area contributed by atoms with Gasteiger partial charge in [0.15, 0.2) is 0 Å². The molecule has 0 spiro atoms. The molecule has 0 saturated carbocycles. The van der Waals surface area contributed by atoms with Gasteiger partial charge in [0, 0.05) is 45.1 Å². The fourth-order valence-corrected chi connectivity index (χ4v) is 2.41. The second kappa shape index (κ2) is 5.82. The van der Waals surface area contributed by atoms with Gasteiger partial charge in [-0.2, -0.15) is 0 Å². The first-order chi connectivity index (χ1) is 9.09. The Morgan fingerprint density at radius 2 is 2.00 bits per heavy atom. The Morgan fingerprint density at radius 3 is 2.63 bits per heavy atom. The number of rotatable bonds is 2. The number of piperidine rings is 1. The summed E-state index contributed by atoms with van der Waals surface area (Å²) < 4.78 is 0. The fourth-order valence-electron chi connectivity index (χ4n) is 2.41. The summed E-state index contributed by atoms with van der Waals surface area (Å²) in [6.45, 7) is 1.23. The Balaban J connectivity index is 2.05. The highest BCUT2D eigenvalue weighted by Gasteiger charge is 2.29. The molecule has 5 heteroatoms. The van der Waals surface area contributed by atoms with Crippen LogP contribution < -0.4 is 0 Å². The molecule has 1 fully saturated rings. The lowest BCUT2D eigenvalue weighted by molar-refractivity contribution is -0.134. The van der Waals surface area contributed by atoms with Gasteiger partial charge >= 0.3 is 0 Å². The number of carbonyl (C=O) groups excluding carboxylic acids is 2. The van der Waals surface area contributed by atoms with Gasteiger partial charge in [-0.05, 0) is 25.0 Å². The minimum absolute atomic E-state index is 0.0151. The van der Waals surface area contributed by atoms with Crippen molar-refractivity contribution in [1.29, 1.82) is 0 Å². The van der Waals surface area contributed by atoms with Gasteiger partial charge in [0.05, 0.1) is 5.92 Å². The molecule has 1 atom stereocenters. The Morgan fingerprint density at radius 1 is 1.32 bits per heavy atom. The van der Waals surface area contributed by atoms with E-state index < -0.39 is 0 Å². The van der Waals surface area contributed by atoms with Crippen molar-refractivity contribution >= 4 is 11.8 Å². The van der Waals surface area contributed by atoms with Crippen LogP contribution in [0.4, 0.5) is 0 Å². The lowest BCUT2D eigenvalue weighted by Gasteiger charge is -2.33. The van der Waals surface area contributed by atoms with Crippen LogP contribution in [0.2, 0.25) is 0 Å². The number of carbonyl (C=O) groups is 2. The number of hydrogen-bond acceptors (Lipinski definition) is 3. The van der Waals surface area contributed by atoms with Crippen LogP contribution in [0, 0.1) is 5.92 Å². The van der Waals surface area contributed by atoms with E-state index in [2.05, 4.69) is 4.98 Å². The van der Waals surface area contributed by atoms with E-state index in [9.17, 15) is 9.59 Å². The van der Waals surface area contributed by atoms with Crippen LogP contribution in [0.5, 0.6) is 0 Å². The molecule has 2 amide bonds. The van der Waals surface area contributed by atoms with E-state index in [1.54, 1.807) is 48.4 Å². The Kier molecular flexibility index (Phi) is 4.14. The van der Waals surface area contributed by atoms with Crippen molar-refractivity contribution in [3.05, 3.63) is 30.1 Å². The van der Waals surface area contributed by atoms with Gasteiger partial charge in [-0.15, -0.1) is 0 Å². The molecule has 0 bridgehead atoms. The average Bonchev–Trinajstić information content (AvgIpc) is 2.46. The van der Waals surface area contributed by atoms with Gasteiger partial charge in [-0.1, -0.05) is 0 Å². The minimum atomic E-state index is -0.0745. The largest absolute Gasteiger partial charge is 0.349 e.